The number of halogens is 1. The van der Waals surface area contributed by atoms with E-state index in [0.717, 1.165) is 11.1 Å². The van der Waals surface area contributed by atoms with Crippen LogP contribution < -0.4 is 15.7 Å². The second kappa shape index (κ2) is 10.2. The summed E-state index contributed by atoms with van der Waals surface area (Å²) >= 11 is 6.37. The van der Waals surface area contributed by atoms with E-state index >= 15 is 0 Å². The SMILES string of the molecule is C[C@@H](NC(=O)OCc1ccccc1)C(=O)Oc1cc2oc(=O)cc(-c3ccccc3)c2cc1Cl. The fourth-order valence-corrected chi connectivity index (χ4v) is 3.50. The minimum Gasteiger partial charge on any atom is -0.445 e. The molecule has 0 fully saturated rings. The van der Waals surface area contributed by atoms with E-state index in [1.54, 1.807) is 6.07 Å². The molecule has 0 aliphatic rings. The topological polar surface area (TPSA) is 94.8 Å². The third-order valence-corrected chi connectivity index (χ3v) is 5.29. The molecule has 172 valence electrons. The maximum absolute atomic E-state index is 12.5. The van der Waals surface area contributed by atoms with Gasteiger partial charge in [0.05, 0.1) is 5.02 Å². The first-order chi connectivity index (χ1) is 16.4. The second-order valence-electron chi connectivity index (χ2n) is 7.47. The predicted octanol–water partition coefficient (Wildman–Crippen LogP) is 5.33. The number of nitrogens with one attached hydrogen (secondary N) is 1. The monoisotopic (exact) mass is 477 g/mol. The number of benzene rings is 3. The molecule has 1 heterocycles. The predicted molar refractivity (Wildman–Crippen MR) is 128 cm³/mol. The summed E-state index contributed by atoms with van der Waals surface area (Å²) in [7, 11) is 0. The van der Waals surface area contributed by atoms with Crippen LogP contribution in [-0.2, 0) is 16.1 Å². The van der Waals surface area contributed by atoms with E-state index in [1.807, 2.05) is 60.7 Å². The van der Waals surface area contributed by atoms with Gasteiger partial charge in [-0.15, -0.1) is 0 Å². The first kappa shape index (κ1) is 23.1. The highest BCUT2D eigenvalue weighted by Crippen LogP contribution is 2.35. The van der Waals surface area contributed by atoms with Crippen molar-refractivity contribution in [1.29, 1.82) is 0 Å². The number of carbonyl (C=O) groups is 2. The third-order valence-electron chi connectivity index (χ3n) is 4.99. The van der Waals surface area contributed by atoms with E-state index in [0.29, 0.717) is 10.9 Å². The van der Waals surface area contributed by atoms with Crippen LogP contribution in [0, 0.1) is 0 Å². The van der Waals surface area contributed by atoms with Crippen LogP contribution in [0.15, 0.2) is 88.1 Å². The van der Waals surface area contributed by atoms with Crippen LogP contribution >= 0.6 is 11.6 Å². The van der Waals surface area contributed by atoms with E-state index in [4.69, 9.17) is 25.5 Å². The van der Waals surface area contributed by atoms with Gasteiger partial charge in [0.1, 0.15) is 18.2 Å². The molecule has 0 bridgehead atoms. The summed E-state index contributed by atoms with van der Waals surface area (Å²) < 4.78 is 15.8. The minimum absolute atomic E-state index is 0.00108. The molecule has 1 atom stereocenters. The van der Waals surface area contributed by atoms with Crippen molar-refractivity contribution in [2.45, 2.75) is 19.6 Å². The highest BCUT2D eigenvalue weighted by atomic mass is 35.5. The fourth-order valence-electron chi connectivity index (χ4n) is 3.30. The first-order valence-corrected chi connectivity index (χ1v) is 10.8. The van der Waals surface area contributed by atoms with Gasteiger partial charge in [-0.2, -0.15) is 0 Å². The van der Waals surface area contributed by atoms with Crippen molar-refractivity contribution >= 4 is 34.6 Å². The highest BCUT2D eigenvalue weighted by Gasteiger charge is 2.21. The molecule has 0 spiro atoms. The molecule has 0 unspecified atom stereocenters. The van der Waals surface area contributed by atoms with E-state index in [-0.39, 0.29) is 23.0 Å². The van der Waals surface area contributed by atoms with Crippen molar-refractivity contribution in [3.63, 3.8) is 0 Å². The number of alkyl carbamates (subject to hydrolysis) is 1. The Kier molecular flexibility index (Phi) is 6.94. The smallest absolute Gasteiger partial charge is 0.408 e. The molecule has 34 heavy (non-hydrogen) atoms. The molecular formula is C26H20ClNO6. The molecule has 4 rings (SSSR count). The minimum atomic E-state index is -1.02. The van der Waals surface area contributed by atoms with Gasteiger partial charge in [0.15, 0.2) is 5.75 Å². The van der Waals surface area contributed by atoms with Crippen molar-refractivity contribution in [2.24, 2.45) is 0 Å². The Morgan fingerprint density at radius 3 is 2.38 bits per heavy atom. The molecule has 8 heteroatoms. The van der Waals surface area contributed by atoms with E-state index < -0.39 is 23.7 Å². The van der Waals surface area contributed by atoms with Crippen molar-refractivity contribution in [3.05, 3.63) is 99.9 Å². The van der Waals surface area contributed by atoms with Crippen LogP contribution in [-0.4, -0.2) is 18.1 Å². The average molecular weight is 478 g/mol. The summed E-state index contributed by atoms with van der Waals surface area (Å²) in [5, 5.41) is 3.15. The normalized spacial score (nSPS) is 11.6. The zero-order chi connectivity index (χ0) is 24.1. The molecule has 1 amide bonds. The van der Waals surface area contributed by atoms with Gasteiger partial charge in [-0.3, -0.25) is 0 Å². The van der Waals surface area contributed by atoms with Crippen LogP contribution in [0.3, 0.4) is 0 Å². The van der Waals surface area contributed by atoms with Gasteiger partial charge in [-0.25, -0.2) is 14.4 Å². The Morgan fingerprint density at radius 2 is 1.68 bits per heavy atom. The van der Waals surface area contributed by atoms with Crippen LogP contribution in [0.25, 0.3) is 22.1 Å². The Balaban J connectivity index is 1.48. The largest absolute Gasteiger partial charge is 0.445 e. The summed E-state index contributed by atoms with van der Waals surface area (Å²) in [6.45, 7) is 1.52. The second-order valence-corrected chi connectivity index (χ2v) is 7.88. The summed E-state index contributed by atoms with van der Waals surface area (Å²) in [5.74, 6) is -0.765. The van der Waals surface area contributed by atoms with Crippen LogP contribution in [0.2, 0.25) is 5.02 Å². The van der Waals surface area contributed by atoms with Crippen LogP contribution in [0.1, 0.15) is 12.5 Å². The Morgan fingerprint density at radius 1 is 1.00 bits per heavy atom. The number of ether oxygens (including phenoxy) is 2. The Bertz CT molecular complexity index is 1390. The third kappa shape index (κ3) is 5.44. The molecule has 4 aromatic rings. The lowest BCUT2D eigenvalue weighted by atomic mass is 10.0. The van der Waals surface area contributed by atoms with Gasteiger partial charge < -0.3 is 19.2 Å². The van der Waals surface area contributed by atoms with Gasteiger partial charge >= 0.3 is 17.7 Å². The van der Waals surface area contributed by atoms with E-state index in [2.05, 4.69) is 5.32 Å². The maximum Gasteiger partial charge on any atom is 0.408 e. The van der Waals surface area contributed by atoms with Crippen molar-refractivity contribution in [2.75, 3.05) is 0 Å². The number of amides is 1. The summed E-state index contributed by atoms with van der Waals surface area (Å²) in [5.41, 5.74) is 1.92. The molecule has 0 saturated carbocycles. The zero-order valence-electron chi connectivity index (χ0n) is 18.1. The lowest BCUT2D eigenvalue weighted by molar-refractivity contribution is -0.136. The Hall–Kier alpha value is -4.10. The Labute approximate surface area is 199 Å². The molecule has 0 radical (unpaired) electrons. The zero-order valence-corrected chi connectivity index (χ0v) is 18.9. The van der Waals surface area contributed by atoms with Gasteiger partial charge in [0.25, 0.3) is 0 Å². The number of hydrogen-bond donors (Lipinski definition) is 1. The van der Waals surface area contributed by atoms with Crippen molar-refractivity contribution in [1.82, 2.24) is 5.32 Å². The van der Waals surface area contributed by atoms with E-state index in [9.17, 15) is 14.4 Å². The van der Waals surface area contributed by atoms with Crippen LogP contribution in [0.4, 0.5) is 4.79 Å². The fraction of sp³-hybridized carbons (Fsp3) is 0.115. The molecule has 1 N–H and O–H groups in total. The van der Waals surface area contributed by atoms with Gasteiger partial charge in [0, 0.05) is 17.5 Å². The molecule has 1 aromatic heterocycles. The quantitative estimate of drug-likeness (QED) is 0.229. The summed E-state index contributed by atoms with van der Waals surface area (Å²) in [6.07, 6.45) is -0.767. The number of carbonyl (C=O) groups excluding carboxylic acids is 2. The molecule has 0 saturated heterocycles. The number of fused-ring (bicyclic) bond motifs is 1. The molecule has 0 aliphatic carbocycles. The van der Waals surface area contributed by atoms with Gasteiger partial charge in [-0.05, 0) is 29.7 Å². The van der Waals surface area contributed by atoms with Crippen molar-refractivity contribution in [3.8, 4) is 16.9 Å². The van der Waals surface area contributed by atoms with Crippen LogP contribution in [0.5, 0.6) is 5.75 Å². The average Bonchev–Trinajstić information content (AvgIpc) is 2.84. The lowest BCUT2D eigenvalue weighted by Gasteiger charge is -2.15. The number of hydrogen-bond acceptors (Lipinski definition) is 6. The first-order valence-electron chi connectivity index (χ1n) is 10.4. The number of rotatable bonds is 6. The maximum atomic E-state index is 12.5. The summed E-state index contributed by atoms with van der Waals surface area (Å²) in [6, 6.07) is 21.7. The summed E-state index contributed by atoms with van der Waals surface area (Å²) in [4.78, 5) is 36.7. The molecule has 0 aliphatic heterocycles. The number of esters is 1. The van der Waals surface area contributed by atoms with Crippen molar-refractivity contribution < 1.29 is 23.5 Å². The molecular weight excluding hydrogens is 458 g/mol. The highest BCUT2D eigenvalue weighted by molar-refractivity contribution is 6.33. The van der Waals surface area contributed by atoms with Gasteiger partial charge in [0.2, 0.25) is 0 Å². The van der Waals surface area contributed by atoms with Gasteiger partial charge in [-0.1, -0.05) is 72.3 Å². The molecule has 7 nitrogen and oxygen atoms in total. The molecule has 3 aromatic carbocycles. The standard InChI is InChI=1S/C26H20ClNO6/c1-16(28-26(31)32-15-17-8-4-2-5-9-17)25(30)34-23-14-22-20(12-21(23)27)19(13-24(29)33-22)18-10-6-3-7-11-18/h2-14,16H,15H2,1H3,(H,28,31)/t16-/m1/s1. The lowest BCUT2D eigenvalue weighted by Crippen LogP contribution is -2.41. The van der Waals surface area contributed by atoms with E-state index in [1.165, 1.54) is 19.1 Å².